The fourth-order valence-corrected chi connectivity index (χ4v) is 4.50. The van der Waals surface area contributed by atoms with Gasteiger partial charge in [-0.15, -0.1) is 0 Å². The Labute approximate surface area is 166 Å². The number of fused-ring (bicyclic) bond motifs is 2. The van der Waals surface area contributed by atoms with E-state index >= 15 is 0 Å². The quantitative estimate of drug-likeness (QED) is 0.721. The van der Waals surface area contributed by atoms with Crippen LogP contribution in [-0.2, 0) is 4.79 Å². The topological polar surface area (TPSA) is 44.4 Å². The van der Waals surface area contributed by atoms with Crippen molar-refractivity contribution in [3.8, 4) is 0 Å². The predicted octanol–water partition coefficient (Wildman–Crippen LogP) is 4.58. The van der Waals surface area contributed by atoms with Crippen LogP contribution in [0, 0.1) is 5.41 Å². The van der Waals surface area contributed by atoms with E-state index in [1.807, 2.05) is 45.0 Å². The molecule has 3 rings (SSSR count). The number of piperidine rings is 2. The summed E-state index contributed by atoms with van der Waals surface area (Å²) >= 11 is 11.7. The Morgan fingerprint density at radius 1 is 1.15 bits per heavy atom. The highest BCUT2D eigenvalue weighted by atomic mass is 35.5. The van der Waals surface area contributed by atoms with Gasteiger partial charge in [0, 0.05) is 34.3 Å². The van der Waals surface area contributed by atoms with Gasteiger partial charge in [0.05, 0.1) is 0 Å². The molecule has 2 saturated heterocycles. The Kier molecular flexibility index (Phi) is 5.78. The number of carbonyl (C=O) groups is 1. The molecule has 2 bridgehead atoms. The summed E-state index contributed by atoms with van der Waals surface area (Å²) in [6.07, 6.45) is 5.40. The average molecular weight is 394 g/mol. The number of nitrogens with one attached hydrogen (secondary N) is 2. The smallest absolute Gasteiger partial charge is 0.225 e. The molecule has 1 amide bonds. The molecule has 6 heteroatoms. The largest absolute Gasteiger partial charge is 0.353 e. The standard InChI is InChI=1S/C20H28ClN3OS/c1-20(2,3)18(25)22-15-11-16-5-4-6-17(12-15)24(16)19(26)23-14-9-7-13(21)8-10-14/h7-10,15-17H,4-6,11-12H2,1-3H3,(H,22,25)(H,23,26)/t15?,16-,17+. The van der Waals surface area contributed by atoms with Gasteiger partial charge in [0.2, 0.25) is 5.91 Å². The maximum Gasteiger partial charge on any atom is 0.225 e. The Morgan fingerprint density at radius 3 is 2.27 bits per heavy atom. The van der Waals surface area contributed by atoms with E-state index in [1.165, 1.54) is 6.42 Å². The summed E-state index contributed by atoms with van der Waals surface area (Å²) in [7, 11) is 0. The lowest BCUT2D eigenvalue weighted by atomic mass is 9.81. The molecular formula is C20H28ClN3OS. The SMILES string of the molecule is CC(C)(C)C(=O)NC1C[C@H]2CCC[C@@H](C1)N2C(=S)Nc1ccc(Cl)cc1. The second-order valence-electron chi connectivity index (χ2n) is 8.47. The highest BCUT2D eigenvalue weighted by Crippen LogP contribution is 2.35. The normalized spacial score (nSPS) is 25.5. The van der Waals surface area contributed by atoms with E-state index in [1.54, 1.807) is 0 Å². The van der Waals surface area contributed by atoms with Gasteiger partial charge in [-0.1, -0.05) is 32.4 Å². The van der Waals surface area contributed by atoms with E-state index in [9.17, 15) is 4.79 Å². The molecule has 2 fully saturated rings. The molecule has 0 aliphatic carbocycles. The molecule has 142 valence electrons. The zero-order valence-electron chi connectivity index (χ0n) is 15.7. The van der Waals surface area contributed by atoms with Crippen LogP contribution in [0.1, 0.15) is 52.9 Å². The van der Waals surface area contributed by atoms with Crippen molar-refractivity contribution in [1.29, 1.82) is 0 Å². The van der Waals surface area contributed by atoms with Crippen LogP contribution in [0.5, 0.6) is 0 Å². The number of thiocarbonyl (C=S) groups is 1. The van der Waals surface area contributed by atoms with Crippen molar-refractivity contribution in [2.75, 3.05) is 5.32 Å². The summed E-state index contributed by atoms with van der Waals surface area (Å²) in [6.45, 7) is 5.89. The average Bonchev–Trinajstić information content (AvgIpc) is 2.55. The van der Waals surface area contributed by atoms with Gasteiger partial charge in [0.15, 0.2) is 5.11 Å². The van der Waals surface area contributed by atoms with Crippen LogP contribution in [0.2, 0.25) is 5.02 Å². The number of benzene rings is 1. The molecule has 2 aliphatic heterocycles. The maximum atomic E-state index is 12.4. The molecular weight excluding hydrogens is 366 g/mol. The molecule has 2 aliphatic rings. The Bertz CT molecular complexity index is 657. The number of hydrogen-bond acceptors (Lipinski definition) is 2. The van der Waals surface area contributed by atoms with E-state index in [-0.39, 0.29) is 17.4 Å². The van der Waals surface area contributed by atoms with E-state index in [4.69, 9.17) is 23.8 Å². The molecule has 4 nitrogen and oxygen atoms in total. The van der Waals surface area contributed by atoms with Crippen molar-refractivity contribution in [2.45, 2.75) is 71.0 Å². The third-order valence-corrected chi connectivity index (χ3v) is 5.89. The van der Waals surface area contributed by atoms with Gasteiger partial charge in [0.1, 0.15) is 0 Å². The van der Waals surface area contributed by atoms with Crippen LogP contribution in [0.4, 0.5) is 5.69 Å². The minimum atomic E-state index is -0.350. The number of amides is 1. The molecule has 1 aromatic carbocycles. The highest BCUT2D eigenvalue weighted by molar-refractivity contribution is 7.80. The number of anilines is 1. The number of nitrogens with zero attached hydrogens (tertiary/aromatic N) is 1. The molecule has 0 saturated carbocycles. The van der Waals surface area contributed by atoms with Crippen LogP contribution in [-0.4, -0.2) is 34.0 Å². The summed E-state index contributed by atoms with van der Waals surface area (Å²) in [5.74, 6) is 0.135. The van der Waals surface area contributed by atoms with Gasteiger partial charge >= 0.3 is 0 Å². The minimum Gasteiger partial charge on any atom is -0.353 e. The molecule has 0 radical (unpaired) electrons. The molecule has 2 N–H and O–H groups in total. The number of carbonyl (C=O) groups excluding carboxylic acids is 1. The monoisotopic (exact) mass is 393 g/mol. The molecule has 26 heavy (non-hydrogen) atoms. The van der Waals surface area contributed by atoms with Crippen LogP contribution in [0.15, 0.2) is 24.3 Å². The van der Waals surface area contributed by atoms with Gasteiger partial charge in [0.25, 0.3) is 0 Å². The van der Waals surface area contributed by atoms with E-state index in [0.29, 0.717) is 17.1 Å². The van der Waals surface area contributed by atoms with Gasteiger partial charge in [-0.05, 0) is 68.6 Å². The van der Waals surface area contributed by atoms with Gasteiger partial charge in [-0.2, -0.15) is 0 Å². The van der Waals surface area contributed by atoms with Crippen LogP contribution in [0.3, 0.4) is 0 Å². The molecule has 3 atom stereocenters. The van der Waals surface area contributed by atoms with Crippen molar-refractivity contribution in [3.63, 3.8) is 0 Å². The van der Waals surface area contributed by atoms with Crippen LogP contribution in [0.25, 0.3) is 0 Å². The van der Waals surface area contributed by atoms with Crippen LogP contribution < -0.4 is 10.6 Å². The maximum absolute atomic E-state index is 12.4. The first-order chi connectivity index (χ1) is 12.2. The predicted molar refractivity (Wildman–Crippen MR) is 112 cm³/mol. The molecule has 2 heterocycles. The third kappa shape index (κ3) is 4.49. The van der Waals surface area contributed by atoms with Crippen molar-refractivity contribution in [3.05, 3.63) is 29.3 Å². The lowest BCUT2D eigenvalue weighted by molar-refractivity contribution is -0.129. The Morgan fingerprint density at radius 2 is 1.73 bits per heavy atom. The summed E-state index contributed by atoms with van der Waals surface area (Å²) in [5.41, 5.74) is 0.609. The summed E-state index contributed by atoms with van der Waals surface area (Å²) in [6, 6.07) is 8.64. The van der Waals surface area contributed by atoms with Gasteiger partial charge in [-0.25, -0.2) is 0 Å². The molecule has 1 aromatic rings. The van der Waals surface area contributed by atoms with Crippen molar-refractivity contribution < 1.29 is 4.79 Å². The highest BCUT2D eigenvalue weighted by Gasteiger charge is 2.40. The summed E-state index contributed by atoms with van der Waals surface area (Å²) < 4.78 is 0. The van der Waals surface area contributed by atoms with Crippen molar-refractivity contribution in [2.24, 2.45) is 5.41 Å². The zero-order valence-corrected chi connectivity index (χ0v) is 17.3. The van der Waals surface area contributed by atoms with E-state index in [0.717, 1.165) is 36.5 Å². The van der Waals surface area contributed by atoms with Crippen LogP contribution >= 0.6 is 23.8 Å². The summed E-state index contributed by atoms with van der Waals surface area (Å²) in [4.78, 5) is 14.7. The third-order valence-electron chi connectivity index (χ3n) is 5.32. The van der Waals surface area contributed by atoms with Gasteiger partial charge < -0.3 is 15.5 Å². The first-order valence-electron chi connectivity index (χ1n) is 9.40. The summed E-state index contributed by atoms with van der Waals surface area (Å²) in [5, 5.41) is 8.11. The number of halogens is 1. The Balaban J connectivity index is 1.65. The second kappa shape index (κ2) is 7.73. The lowest BCUT2D eigenvalue weighted by Gasteiger charge is -2.50. The number of hydrogen-bond donors (Lipinski definition) is 2. The second-order valence-corrected chi connectivity index (χ2v) is 9.30. The zero-order chi connectivity index (χ0) is 18.9. The van der Waals surface area contributed by atoms with Gasteiger partial charge in [-0.3, -0.25) is 4.79 Å². The first-order valence-corrected chi connectivity index (χ1v) is 10.2. The molecule has 0 spiro atoms. The first kappa shape index (κ1) is 19.4. The van der Waals surface area contributed by atoms with Crippen molar-refractivity contribution in [1.82, 2.24) is 10.2 Å². The fourth-order valence-electron chi connectivity index (χ4n) is 3.95. The lowest BCUT2D eigenvalue weighted by Crippen LogP contribution is -2.60. The molecule has 1 unspecified atom stereocenters. The fraction of sp³-hybridized carbons (Fsp3) is 0.600. The Hall–Kier alpha value is -1.33. The minimum absolute atomic E-state index is 0.135. The molecule has 0 aromatic heterocycles. The number of rotatable bonds is 2. The van der Waals surface area contributed by atoms with E-state index in [2.05, 4.69) is 15.5 Å². The van der Waals surface area contributed by atoms with Crippen molar-refractivity contribution >= 4 is 40.5 Å². The van der Waals surface area contributed by atoms with E-state index < -0.39 is 0 Å².